The highest BCUT2D eigenvalue weighted by Crippen LogP contribution is 2.25. The Morgan fingerprint density at radius 1 is 1.28 bits per heavy atom. The molecule has 0 aliphatic rings. The number of rotatable bonds is 4. The number of benzene rings is 1. The molecule has 1 heterocycles. The lowest BCUT2D eigenvalue weighted by Gasteiger charge is -2.05. The van der Waals surface area contributed by atoms with E-state index in [1.54, 1.807) is 23.6 Å². The predicted octanol–water partition coefficient (Wildman–Crippen LogP) is 3.77. The van der Waals surface area contributed by atoms with Crippen LogP contribution in [0, 0.1) is 0 Å². The molecule has 0 radical (unpaired) electrons. The fraction of sp³-hybridized carbons (Fsp3) is 0.0833. The van der Waals surface area contributed by atoms with E-state index in [9.17, 15) is 4.79 Å². The second kappa shape index (κ2) is 5.61. The minimum atomic E-state index is -0.410. The molecule has 3 N–H and O–H groups in total. The van der Waals surface area contributed by atoms with Crippen LogP contribution < -0.4 is 11.1 Å². The first-order valence-electron chi connectivity index (χ1n) is 5.12. The molecular formula is C12H10Cl2N2OS. The van der Waals surface area contributed by atoms with E-state index in [1.807, 2.05) is 6.07 Å². The van der Waals surface area contributed by atoms with Crippen LogP contribution in [0.3, 0.4) is 0 Å². The van der Waals surface area contributed by atoms with Gasteiger partial charge in [0.15, 0.2) is 0 Å². The van der Waals surface area contributed by atoms with E-state index in [0.717, 1.165) is 10.6 Å². The second-order valence-electron chi connectivity index (χ2n) is 3.65. The molecule has 0 aliphatic heterocycles. The van der Waals surface area contributed by atoms with Gasteiger partial charge in [0, 0.05) is 22.5 Å². The molecule has 0 saturated carbocycles. The van der Waals surface area contributed by atoms with Crippen molar-refractivity contribution in [2.45, 2.75) is 6.54 Å². The lowest BCUT2D eigenvalue weighted by atomic mass is 10.3. The first kappa shape index (κ1) is 13.2. The fourth-order valence-corrected chi connectivity index (χ4v) is 2.51. The molecule has 3 nitrogen and oxygen atoms in total. The SMILES string of the molecule is NC(=O)c1csc(CNc2ccc(Cl)c(Cl)c2)c1. The molecule has 1 aromatic heterocycles. The normalized spacial score (nSPS) is 10.3. The van der Waals surface area contributed by atoms with Crippen LogP contribution in [-0.2, 0) is 6.54 Å². The monoisotopic (exact) mass is 300 g/mol. The molecule has 0 bridgehead atoms. The van der Waals surface area contributed by atoms with Crippen LogP contribution in [0.25, 0.3) is 0 Å². The molecule has 6 heteroatoms. The summed E-state index contributed by atoms with van der Waals surface area (Å²) >= 11 is 13.2. The van der Waals surface area contributed by atoms with Crippen LogP contribution in [0.15, 0.2) is 29.6 Å². The molecule has 0 saturated heterocycles. The zero-order valence-corrected chi connectivity index (χ0v) is 11.6. The highest BCUT2D eigenvalue weighted by Gasteiger charge is 2.05. The van der Waals surface area contributed by atoms with E-state index >= 15 is 0 Å². The number of thiophene rings is 1. The molecule has 2 rings (SSSR count). The summed E-state index contributed by atoms with van der Waals surface area (Å²) in [5.74, 6) is -0.410. The number of hydrogen-bond donors (Lipinski definition) is 2. The third-order valence-electron chi connectivity index (χ3n) is 2.32. The predicted molar refractivity (Wildman–Crippen MR) is 76.6 cm³/mol. The summed E-state index contributed by atoms with van der Waals surface area (Å²) in [5, 5.41) is 5.97. The minimum Gasteiger partial charge on any atom is -0.380 e. The van der Waals surface area contributed by atoms with Crippen molar-refractivity contribution in [3.05, 3.63) is 50.1 Å². The first-order chi connectivity index (χ1) is 8.56. The Bertz CT molecular complexity index is 583. The van der Waals surface area contributed by atoms with E-state index in [-0.39, 0.29) is 0 Å². The summed E-state index contributed by atoms with van der Waals surface area (Å²) in [4.78, 5) is 12.0. The molecule has 94 valence electrons. The van der Waals surface area contributed by atoms with Crippen molar-refractivity contribution in [1.29, 1.82) is 0 Å². The van der Waals surface area contributed by atoms with Gasteiger partial charge in [-0.05, 0) is 24.3 Å². The van der Waals surface area contributed by atoms with Gasteiger partial charge < -0.3 is 11.1 Å². The summed E-state index contributed by atoms with van der Waals surface area (Å²) in [7, 11) is 0. The van der Waals surface area contributed by atoms with Gasteiger partial charge in [0.2, 0.25) is 5.91 Å². The number of carbonyl (C=O) groups excluding carboxylic acids is 1. The van der Waals surface area contributed by atoms with Crippen molar-refractivity contribution >= 4 is 46.1 Å². The quantitative estimate of drug-likeness (QED) is 0.903. The van der Waals surface area contributed by atoms with Gasteiger partial charge in [0.25, 0.3) is 0 Å². The number of halogens is 2. The van der Waals surface area contributed by atoms with Gasteiger partial charge in [-0.15, -0.1) is 11.3 Å². The van der Waals surface area contributed by atoms with Gasteiger partial charge in [-0.2, -0.15) is 0 Å². The first-order valence-corrected chi connectivity index (χ1v) is 6.76. The van der Waals surface area contributed by atoms with Gasteiger partial charge in [-0.1, -0.05) is 23.2 Å². The molecule has 0 unspecified atom stereocenters. The summed E-state index contributed by atoms with van der Waals surface area (Å²) in [5.41, 5.74) is 6.59. The third kappa shape index (κ3) is 3.16. The van der Waals surface area contributed by atoms with Crippen LogP contribution in [0.5, 0.6) is 0 Å². The van der Waals surface area contributed by atoms with Crippen LogP contribution in [0.2, 0.25) is 10.0 Å². The molecule has 18 heavy (non-hydrogen) atoms. The van der Waals surface area contributed by atoms with Crippen molar-refractivity contribution < 1.29 is 4.79 Å². The highest BCUT2D eigenvalue weighted by molar-refractivity contribution is 7.10. The summed E-state index contributed by atoms with van der Waals surface area (Å²) in [6.07, 6.45) is 0. The number of hydrogen-bond acceptors (Lipinski definition) is 3. The Kier molecular flexibility index (Phi) is 4.11. The standard InChI is InChI=1S/C12H10Cl2N2OS/c13-10-2-1-8(4-11(10)14)16-5-9-3-7(6-18-9)12(15)17/h1-4,6,16H,5H2,(H2,15,17). The van der Waals surface area contributed by atoms with Crippen molar-refractivity contribution in [2.24, 2.45) is 5.73 Å². The Morgan fingerprint density at radius 3 is 2.67 bits per heavy atom. The number of carbonyl (C=O) groups is 1. The maximum absolute atomic E-state index is 10.9. The number of amides is 1. The summed E-state index contributed by atoms with van der Waals surface area (Å²) < 4.78 is 0. The highest BCUT2D eigenvalue weighted by atomic mass is 35.5. The Hall–Kier alpha value is -1.23. The summed E-state index contributed by atoms with van der Waals surface area (Å²) in [6.45, 7) is 0.607. The number of nitrogens with one attached hydrogen (secondary N) is 1. The Morgan fingerprint density at radius 2 is 2.06 bits per heavy atom. The van der Waals surface area contributed by atoms with E-state index in [2.05, 4.69) is 5.32 Å². The number of anilines is 1. The van der Waals surface area contributed by atoms with E-state index in [4.69, 9.17) is 28.9 Å². The van der Waals surface area contributed by atoms with E-state index in [1.165, 1.54) is 11.3 Å². The largest absolute Gasteiger partial charge is 0.380 e. The Balaban J connectivity index is 2.02. The lowest BCUT2D eigenvalue weighted by molar-refractivity contribution is 0.100. The molecule has 1 aromatic carbocycles. The van der Waals surface area contributed by atoms with Crippen LogP contribution in [-0.4, -0.2) is 5.91 Å². The minimum absolute atomic E-state index is 0.410. The van der Waals surface area contributed by atoms with Gasteiger partial charge in [0.1, 0.15) is 0 Å². The lowest BCUT2D eigenvalue weighted by Crippen LogP contribution is -2.09. The maximum atomic E-state index is 10.9. The molecule has 2 aromatic rings. The smallest absolute Gasteiger partial charge is 0.249 e. The van der Waals surface area contributed by atoms with Gasteiger partial charge in [-0.3, -0.25) is 4.79 Å². The van der Waals surface area contributed by atoms with Crippen LogP contribution in [0.4, 0.5) is 5.69 Å². The average Bonchev–Trinajstić information content (AvgIpc) is 2.79. The maximum Gasteiger partial charge on any atom is 0.249 e. The Labute approximate surface area is 119 Å². The van der Waals surface area contributed by atoms with E-state index in [0.29, 0.717) is 22.2 Å². The summed E-state index contributed by atoms with van der Waals surface area (Å²) in [6, 6.07) is 7.11. The molecule has 0 atom stereocenters. The zero-order chi connectivity index (χ0) is 13.1. The topological polar surface area (TPSA) is 55.1 Å². The molecular weight excluding hydrogens is 291 g/mol. The van der Waals surface area contributed by atoms with Crippen molar-refractivity contribution in [3.8, 4) is 0 Å². The van der Waals surface area contributed by atoms with Gasteiger partial charge in [-0.25, -0.2) is 0 Å². The molecule has 0 spiro atoms. The second-order valence-corrected chi connectivity index (χ2v) is 5.46. The van der Waals surface area contributed by atoms with Gasteiger partial charge in [0.05, 0.1) is 15.6 Å². The zero-order valence-electron chi connectivity index (χ0n) is 9.24. The number of nitrogens with two attached hydrogens (primary N) is 1. The fourth-order valence-electron chi connectivity index (χ4n) is 1.40. The molecule has 0 fully saturated rings. The molecule has 1 amide bonds. The molecule has 0 aliphatic carbocycles. The number of primary amides is 1. The average molecular weight is 301 g/mol. The van der Waals surface area contributed by atoms with E-state index < -0.39 is 5.91 Å². The van der Waals surface area contributed by atoms with Crippen molar-refractivity contribution in [1.82, 2.24) is 0 Å². The third-order valence-corrected chi connectivity index (χ3v) is 4.00. The van der Waals surface area contributed by atoms with Crippen molar-refractivity contribution in [2.75, 3.05) is 5.32 Å². The van der Waals surface area contributed by atoms with Crippen molar-refractivity contribution in [3.63, 3.8) is 0 Å². The van der Waals surface area contributed by atoms with Crippen LogP contribution in [0.1, 0.15) is 15.2 Å². The van der Waals surface area contributed by atoms with Gasteiger partial charge >= 0.3 is 0 Å². The van der Waals surface area contributed by atoms with Crippen LogP contribution >= 0.6 is 34.5 Å².